The van der Waals surface area contributed by atoms with Gasteiger partial charge in [-0.25, -0.2) is 0 Å². The summed E-state index contributed by atoms with van der Waals surface area (Å²) in [5.41, 5.74) is 3.78. The third-order valence-electron chi connectivity index (χ3n) is 5.46. The molecule has 0 N–H and O–H groups in total. The highest BCUT2D eigenvalue weighted by Gasteiger charge is 2.37. The second kappa shape index (κ2) is 6.54. The molecule has 0 radical (unpaired) electrons. The van der Waals surface area contributed by atoms with E-state index >= 15 is 0 Å². The Morgan fingerprint density at radius 2 is 1.43 bits per heavy atom. The van der Waals surface area contributed by atoms with Crippen LogP contribution in [0.3, 0.4) is 0 Å². The van der Waals surface area contributed by atoms with Crippen molar-refractivity contribution in [1.29, 1.82) is 0 Å². The summed E-state index contributed by atoms with van der Waals surface area (Å²) >= 11 is 0. The van der Waals surface area contributed by atoms with Crippen molar-refractivity contribution < 1.29 is 4.74 Å². The Morgan fingerprint density at radius 1 is 0.714 bits per heavy atom. The van der Waals surface area contributed by atoms with Gasteiger partial charge in [-0.3, -0.25) is 0 Å². The van der Waals surface area contributed by atoms with E-state index in [1.165, 1.54) is 10.8 Å². The Hall–Kier alpha value is -3.58. The zero-order valence-corrected chi connectivity index (χ0v) is 15.5. The summed E-state index contributed by atoms with van der Waals surface area (Å²) in [4.78, 5) is 0. The van der Waals surface area contributed by atoms with Gasteiger partial charge in [0.15, 0.2) is 5.60 Å². The van der Waals surface area contributed by atoms with Crippen LogP contribution in [0.5, 0.6) is 5.75 Å². The van der Waals surface area contributed by atoms with E-state index in [1.807, 2.05) is 12.1 Å². The molecule has 0 fully saturated rings. The molecule has 0 spiro atoms. The monoisotopic (exact) mass is 360 g/mol. The lowest BCUT2D eigenvalue weighted by Crippen LogP contribution is -2.34. The van der Waals surface area contributed by atoms with Crippen LogP contribution >= 0.6 is 0 Å². The number of rotatable bonds is 3. The van der Waals surface area contributed by atoms with E-state index in [0.717, 1.165) is 28.0 Å². The zero-order valence-electron chi connectivity index (χ0n) is 15.5. The van der Waals surface area contributed by atoms with E-state index < -0.39 is 5.60 Å². The molecule has 1 nitrogen and oxygen atoms in total. The lowest BCUT2D eigenvalue weighted by atomic mass is 9.83. The van der Waals surface area contributed by atoms with Crippen LogP contribution in [0.4, 0.5) is 0 Å². The Kier molecular flexibility index (Phi) is 3.87. The number of hydrogen-bond acceptors (Lipinski definition) is 1. The first-order chi connectivity index (χ1) is 13.8. The molecule has 1 heteroatoms. The van der Waals surface area contributed by atoms with Crippen molar-refractivity contribution in [3.63, 3.8) is 0 Å². The van der Waals surface area contributed by atoms with Gasteiger partial charge in [0.2, 0.25) is 0 Å². The predicted molar refractivity (Wildman–Crippen MR) is 117 cm³/mol. The second-order valence-corrected chi connectivity index (χ2v) is 7.06. The average molecular weight is 360 g/mol. The quantitative estimate of drug-likeness (QED) is 0.389. The normalized spacial score (nSPS) is 17.7. The van der Waals surface area contributed by atoms with Crippen LogP contribution in [0.25, 0.3) is 22.9 Å². The third kappa shape index (κ3) is 2.56. The molecule has 0 aliphatic carbocycles. The molecule has 1 heterocycles. The molecule has 1 atom stereocenters. The SMILES string of the molecule is C=Cc1ccc(C2(c3ccccc3)C=Cc3c(ccc4ccccc34)O2)cc1. The van der Waals surface area contributed by atoms with E-state index in [9.17, 15) is 0 Å². The first kappa shape index (κ1) is 16.6. The predicted octanol–water partition coefficient (Wildman–Crippen LogP) is 6.83. The summed E-state index contributed by atoms with van der Waals surface area (Å²) in [5.74, 6) is 0.901. The summed E-state index contributed by atoms with van der Waals surface area (Å²) in [7, 11) is 0. The van der Waals surface area contributed by atoms with Crippen LogP contribution in [0.2, 0.25) is 0 Å². The van der Waals surface area contributed by atoms with Crippen LogP contribution in [0.15, 0.2) is 104 Å². The maximum Gasteiger partial charge on any atom is 0.178 e. The van der Waals surface area contributed by atoms with Crippen molar-refractivity contribution in [2.75, 3.05) is 0 Å². The number of hydrogen-bond donors (Lipinski definition) is 0. The van der Waals surface area contributed by atoms with Crippen molar-refractivity contribution in [2.45, 2.75) is 5.60 Å². The molecule has 5 rings (SSSR count). The molecule has 0 saturated carbocycles. The van der Waals surface area contributed by atoms with E-state index in [1.54, 1.807) is 0 Å². The molecule has 4 aromatic carbocycles. The molecule has 28 heavy (non-hydrogen) atoms. The first-order valence-electron chi connectivity index (χ1n) is 9.49. The Labute approximate surface area is 165 Å². The number of fused-ring (bicyclic) bond motifs is 3. The largest absolute Gasteiger partial charge is 0.473 e. The van der Waals surface area contributed by atoms with E-state index in [2.05, 4.69) is 104 Å². The molecule has 134 valence electrons. The molecule has 1 aliphatic heterocycles. The van der Waals surface area contributed by atoms with E-state index in [0.29, 0.717) is 0 Å². The van der Waals surface area contributed by atoms with Gasteiger partial charge in [-0.1, -0.05) is 97.6 Å². The van der Waals surface area contributed by atoms with Gasteiger partial charge in [0.1, 0.15) is 5.75 Å². The minimum Gasteiger partial charge on any atom is -0.473 e. The fraction of sp³-hybridized carbons (Fsp3) is 0.0370. The summed E-state index contributed by atoms with van der Waals surface area (Å²) < 4.78 is 6.76. The van der Waals surface area contributed by atoms with Gasteiger partial charge in [0.05, 0.1) is 0 Å². The standard InChI is InChI=1S/C27H20O/c1-2-20-12-15-23(16-13-20)27(22-9-4-3-5-10-22)19-18-25-24-11-7-6-8-21(24)14-17-26(25)28-27/h2-19H,1H2. The highest BCUT2D eigenvalue weighted by atomic mass is 16.5. The summed E-state index contributed by atoms with van der Waals surface area (Å²) in [5, 5.41) is 2.43. The lowest BCUT2D eigenvalue weighted by Gasteiger charge is -2.36. The van der Waals surface area contributed by atoms with E-state index in [-0.39, 0.29) is 0 Å². The smallest absolute Gasteiger partial charge is 0.178 e. The Morgan fingerprint density at radius 3 is 2.21 bits per heavy atom. The molecule has 0 amide bonds. The topological polar surface area (TPSA) is 9.23 Å². The second-order valence-electron chi connectivity index (χ2n) is 7.06. The number of benzene rings is 4. The average Bonchev–Trinajstić information content (AvgIpc) is 2.79. The molecule has 1 unspecified atom stereocenters. The van der Waals surface area contributed by atoms with E-state index in [4.69, 9.17) is 4.74 Å². The van der Waals surface area contributed by atoms with Gasteiger partial charge in [0.25, 0.3) is 0 Å². The Bertz CT molecular complexity index is 1190. The molecule has 4 aromatic rings. The molecule has 1 aliphatic rings. The molecule has 0 aromatic heterocycles. The first-order valence-corrected chi connectivity index (χ1v) is 9.49. The van der Waals surface area contributed by atoms with Gasteiger partial charge in [0, 0.05) is 16.7 Å². The van der Waals surface area contributed by atoms with Crippen molar-refractivity contribution >= 4 is 22.9 Å². The molecular formula is C27H20O. The summed E-state index contributed by atoms with van der Waals surface area (Å²) in [6, 6.07) is 31.4. The van der Waals surface area contributed by atoms with Crippen LogP contribution in [0.1, 0.15) is 22.3 Å². The summed E-state index contributed by atoms with van der Waals surface area (Å²) in [6.45, 7) is 3.86. The zero-order chi connectivity index (χ0) is 19.0. The van der Waals surface area contributed by atoms with Crippen molar-refractivity contribution in [3.8, 4) is 5.75 Å². The molecular weight excluding hydrogens is 340 g/mol. The maximum absolute atomic E-state index is 6.76. The van der Waals surface area contributed by atoms with Crippen LogP contribution in [-0.2, 0) is 5.60 Å². The maximum atomic E-state index is 6.76. The van der Waals surface area contributed by atoms with Crippen LogP contribution < -0.4 is 4.74 Å². The molecule has 0 bridgehead atoms. The minimum absolute atomic E-state index is 0.656. The van der Waals surface area contributed by atoms with Crippen molar-refractivity contribution in [2.24, 2.45) is 0 Å². The van der Waals surface area contributed by atoms with Gasteiger partial charge in [-0.2, -0.15) is 0 Å². The minimum atomic E-state index is -0.656. The van der Waals surface area contributed by atoms with Gasteiger partial charge >= 0.3 is 0 Å². The number of ether oxygens (including phenoxy) is 1. The Balaban J connectivity index is 1.72. The van der Waals surface area contributed by atoms with Crippen LogP contribution in [0, 0.1) is 0 Å². The van der Waals surface area contributed by atoms with Gasteiger partial charge < -0.3 is 4.74 Å². The van der Waals surface area contributed by atoms with Crippen molar-refractivity contribution in [1.82, 2.24) is 0 Å². The highest BCUT2D eigenvalue weighted by molar-refractivity contribution is 5.94. The third-order valence-corrected chi connectivity index (χ3v) is 5.46. The lowest BCUT2D eigenvalue weighted by molar-refractivity contribution is 0.161. The summed E-state index contributed by atoms with van der Waals surface area (Å²) in [6.07, 6.45) is 6.24. The van der Waals surface area contributed by atoms with Gasteiger partial charge in [-0.15, -0.1) is 0 Å². The fourth-order valence-corrected chi connectivity index (χ4v) is 3.97. The van der Waals surface area contributed by atoms with Crippen molar-refractivity contribution in [3.05, 3.63) is 126 Å². The van der Waals surface area contributed by atoms with Gasteiger partial charge in [-0.05, 0) is 34.6 Å². The fourth-order valence-electron chi connectivity index (χ4n) is 3.97. The highest BCUT2D eigenvalue weighted by Crippen LogP contribution is 2.44. The van der Waals surface area contributed by atoms with Crippen LogP contribution in [-0.4, -0.2) is 0 Å². The molecule has 0 saturated heterocycles.